The van der Waals surface area contributed by atoms with Crippen LogP contribution in [0.15, 0.2) is 91.1 Å². The summed E-state index contributed by atoms with van der Waals surface area (Å²) in [6.07, 6.45) is 2.37. The Labute approximate surface area is 225 Å². The van der Waals surface area contributed by atoms with Gasteiger partial charge in [0.15, 0.2) is 5.69 Å². The third-order valence-electron chi connectivity index (χ3n) is 6.19. The van der Waals surface area contributed by atoms with Gasteiger partial charge < -0.3 is 10.6 Å². The fourth-order valence-corrected chi connectivity index (χ4v) is 4.34. The summed E-state index contributed by atoms with van der Waals surface area (Å²) in [5.74, 6) is -0.697. The van der Waals surface area contributed by atoms with E-state index in [1.54, 1.807) is 29.1 Å². The molecule has 0 aliphatic rings. The molecule has 5 aromatic rings. The number of aryl methyl sites for hydroxylation is 1. The Morgan fingerprint density at radius 3 is 2.42 bits per heavy atom. The largest absolute Gasteiger partial charge is 0.350 e. The number of benzene rings is 3. The normalized spacial score (nSPS) is 10.9. The number of aromatic nitrogens is 3. The molecule has 2 amide bonds. The van der Waals surface area contributed by atoms with Gasteiger partial charge in [-0.15, -0.1) is 0 Å². The third-order valence-corrected chi connectivity index (χ3v) is 6.44. The van der Waals surface area contributed by atoms with Crippen molar-refractivity contribution in [3.8, 4) is 11.3 Å². The quantitative estimate of drug-likeness (QED) is 0.261. The number of halogens is 1. The zero-order valence-electron chi connectivity index (χ0n) is 20.8. The van der Waals surface area contributed by atoms with Gasteiger partial charge in [-0.25, -0.2) is 4.98 Å². The van der Waals surface area contributed by atoms with Gasteiger partial charge in [0.25, 0.3) is 11.8 Å². The lowest BCUT2D eigenvalue weighted by Crippen LogP contribution is -2.27. The number of hydrogen-bond donors (Lipinski definition) is 2. The highest BCUT2D eigenvalue weighted by molar-refractivity contribution is 6.30. The zero-order chi connectivity index (χ0) is 26.5. The number of nitrogens with one attached hydrogen (secondary N) is 2. The number of carbonyl (C=O) groups excluding carboxylic acids is 2. The van der Waals surface area contributed by atoms with Crippen molar-refractivity contribution in [2.75, 3.05) is 11.9 Å². The van der Waals surface area contributed by atoms with Gasteiger partial charge in [0.1, 0.15) is 0 Å². The predicted octanol–water partition coefficient (Wildman–Crippen LogP) is 6.00. The van der Waals surface area contributed by atoms with Gasteiger partial charge in [-0.1, -0.05) is 72.3 Å². The number of carbonyl (C=O) groups is 2. The van der Waals surface area contributed by atoms with Crippen LogP contribution in [0.2, 0.25) is 5.02 Å². The topological polar surface area (TPSA) is 88.9 Å². The van der Waals surface area contributed by atoms with Crippen molar-refractivity contribution in [2.45, 2.75) is 19.9 Å². The molecule has 0 bridgehead atoms. The summed E-state index contributed by atoms with van der Waals surface area (Å²) in [5.41, 5.74) is 4.27. The molecule has 0 unspecified atom stereocenters. The monoisotopic (exact) mass is 523 g/mol. The summed E-state index contributed by atoms with van der Waals surface area (Å²) in [6, 6.07) is 26.4. The maximum Gasteiger partial charge on any atom is 0.273 e. The van der Waals surface area contributed by atoms with Crippen LogP contribution in [0.1, 0.15) is 33.3 Å². The number of nitrogens with zero attached hydrogens (tertiary/aromatic N) is 3. The van der Waals surface area contributed by atoms with E-state index in [1.165, 1.54) is 0 Å². The molecular formula is C30H26ClN5O2. The number of fused-ring (bicyclic) bond motifs is 1. The maximum atomic E-state index is 13.6. The Bertz CT molecular complexity index is 1600. The molecule has 0 saturated heterocycles. The Morgan fingerprint density at radius 1 is 0.921 bits per heavy atom. The van der Waals surface area contributed by atoms with Crippen LogP contribution < -0.4 is 10.6 Å². The Balaban J connectivity index is 1.41. The molecule has 0 spiro atoms. The molecule has 2 N–H and O–H groups in total. The molecule has 8 heteroatoms. The highest BCUT2D eigenvalue weighted by atomic mass is 35.5. The van der Waals surface area contributed by atoms with Crippen molar-refractivity contribution in [2.24, 2.45) is 0 Å². The average molecular weight is 524 g/mol. The van der Waals surface area contributed by atoms with Crippen LogP contribution in [0.25, 0.3) is 22.2 Å². The van der Waals surface area contributed by atoms with E-state index in [1.807, 2.05) is 73.7 Å². The number of pyridine rings is 1. The van der Waals surface area contributed by atoms with Gasteiger partial charge in [0.2, 0.25) is 0 Å². The van der Waals surface area contributed by atoms with E-state index in [0.29, 0.717) is 52.4 Å². The number of rotatable bonds is 8. The van der Waals surface area contributed by atoms with Gasteiger partial charge in [-0.3, -0.25) is 14.3 Å². The van der Waals surface area contributed by atoms with Gasteiger partial charge in [-0.2, -0.15) is 5.10 Å². The summed E-state index contributed by atoms with van der Waals surface area (Å²) in [4.78, 5) is 31.4. The van der Waals surface area contributed by atoms with Gasteiger partial charge in [-0.05, 0) is 43.2 Å². The molecule has 5 rings (SSSR count). The number of para-hydroxylation sites is 1. The molecule has 2 aromatic heterocycles. The van der Waals surface area contributed by atoms with E-state index in [9.17, 15) is 9.59 Å². The molecule has 0 radical (unpaired) electrons. The average Bonchev–Trinajstić information content (AvgIpc) is 3.36. The SMILES string of the molecule is CCn1cc(NC(=O)c2cc(-c3ccc(Cl)cc3)nc3ccccc23)c(C(=O)NCCc2ccccc2)n1. The molecule has 0 fully saturated rings. The Kier molecular flexibility index (Phi) is 7.47. The zero-order valence-corrected chi connectivity index (χ0v) is 21.6. The number of anilines is 1. The molecule has 0 atom stereocenters. The van der Waals surface area contributed by atoms with Crippen LogP contribution in [0.5, 0.6) is 0 Å². The van der Waals surface area contributed by atoms with Crippen molar-refractivity contribution < 1.29 is 9.59 Å². The van der Waals surface area contributed by atoms with Crippen LogP contribution in [-0.4, -0.2) is 33.1 Å². The van der Waals surface area contributed by atoms with E-state index in [4.69, 9.17) is 16.6 Å². The van der Waals surface area contributed by atoms with Crippen LogP contribution in [0.4, 0.5) is 5.69 Å². The first kappa shape index (κ1) is 25.2. The second-order valence-corrected chi connectivity index (χ2v) is 9.21. The van der Waals surface area contributed by atoms with Crippen molar-refractivity contribution in [3.63, 3.8) is 0 Å². The Hall–Kier alpha value is -4.49. The molecule has 2 heterocycles. The minimum absolute atomic E-state index is 0.171. The first-order valence-corrected chi connectivity index (χ1v) is 12.8. The molecule has 0 aliphatic carbocycles. The fourth-order valence-electron chi connectivity index (χ4n) is 4.21. The summed E-state index contributed by atoms with van der Waals surface area (Å²) in [5, 5.41) is 11.6. The van der Waals surface area contributed by atoms with Crippen molar-refractivity contribution >= 4 is 40.0 Å². The van der Waals surface area contributed by atoms with E-state index in [2.05, 4.69) is 15.7 Å². The maximum absolute atomic E-state index is 13.6. The van der Waals surface area contributed by atoms with Crippen LogP contribution in [0, 0.1) is 0 Å². The highest BCUT2D eigenvalue weighted by Gasteiger charge is 2.21. The second-order valence-electron chi connectivity index (χ2n) is 8.77. The lowest BCUT2D eigenvalue weighted by molar-refractivity contribution is 0.0949. The molecular weight excluding hydrogens is 498 g/mol. The Morgan fingerprint density at radius 2 is 1.66 bits per heavy atom. The van der Waals surface area contributed by atoms with Gasteiger partial charge in [0, 0.05) is 35.3 Å². The predicted molar refractivity (Wildman–Crippen MR) is 151 cm³/mol. The smallest absolute Gasteiger partial charge is 0.273 e. The molecule has 0 saturated carbocycles. The van der Waals surface area contributed by atoms with E-state index < -0.39 is 0 Å². The van der Waals surface area contributed by atoms with Crippen LogP contribution in [0.3, 0.4) is 0 Å². The highest BCUT2D eigenvalue weighted by Crippen LogP contribution is 2.27. The van der Waals surface area contributed by atoms with Gasteiger partial charge in [0.05, 0.1) is 22.5 Å². The van der Waals surface area contributed by atoms with E-state index >= 15 is 0 Å². The summed E-state index contributed by atoms with van der Waals surface area (Å²) in [6.45, 7) is 2.93. The molecule has 190 valence electrons. The van der Waals surface area contributed by atoms with Crippen molar-refractivity contribution in [1.29, 1.82) is 0 Å². The summed E-state index contributed by atoms with van der Waals surface area (Å²) >= 11 is 6.06. The first-order chi connectivity index (χ1) is 18.5. The van der Waals surface area contributed by atoms with Crippen molar-refractivity contribution in [3.05, 3.63) is 113 Å². The minimum Gasteiger partial charge on any atom is -0.350 e. The van der Waals surface area contributed by atoms with E-state index in [0.717, 1.165) is 11.1 Å². The lowest BCUT2D eigenvalue weighted by Gasteiger charge is -2.11. The molecule has 7 nitrogen and oxygen atoms in total. The number of amides is 2. The summed E-state index contributed by atoms with van der Waals surface area (Å²) < 4.78 is 1.63. The van der Waals surface area contributed by atoms with Crippen molar-refractivity contribution in [1.82, 2.24) is 20.1 Å². The fraction of sp³-hybridized carbons (Fsp3) is 0.133. The van der Waals surface area contributed by atoms with Gasteiger partial charge >= 0.3 is 0 Å². The molecule has 38 heavy (non-hydrogen) atoms. The van der Waals surface area contributed by atoms with Crippen LogP contribution >= 0.6 is 11.6 Å². The number of hydrogen-bond acceptors (Lipinski definition) is 4. The molecule has 0 aliphatic heterocycles. The standard InChI is InChI=1S/C30H26ClN5O2/c1-2-36-19-27(28(35-36)30(38)32-17-16-20-8-4-3-5-9-20)34-29(37)24-18-26(21-12-14-22(31)15-13-21)33-25-11-7-6-10-23(24)25/h3-15,18-19H,2,16-17H2,1H3,(H,32,38)(H,34,37). The summed E-state index contributed by atoms with van der Waals surface area (Å²) in [7, 11) is 0. The lowest BCUT2D eigenvalue weighted by atomic mass is 10.0. The minimum atomic E-state index is -0.354. The third kappa shape index (κ3) is 5.58. The molecule has 3 aromatic carbocycles. The first-order valence-electron chi connectivity index (χ1n) is 12.4. The second kappa shape index (κ2) is 11.3. The van der Waals surface area contributed by atoms with Crippen LogP contribution in [-0.2, 0) is 13.0 Å². The van der Waals surface area contributed by atoms with E-state index in [-0.39, 0.29) is 17.5 Å².